The number of aryl methyl sites for hydroxylation is 2. The number of nitrogens with zero attached hydrogens (tertiary/aromatic N) is 3. The zero-order chi connectivity index (χ0) is 30.2. The van der Waals surface area contributed by atoms with E-state index in [2.05, 4.69) is 13.2 Å². The van der Waals surface area contributed by atoms with Crippen molar-refractivity contribution in [2.24, 2.45) is 11.8 Å². The maximum absolute atomic E-state index is 14.6. The number of aliphatic hydroxyl groups excluding tert-OH is 1. The second kappa shape index (κ2) is 11.5. The molecule has 2 aromatic carbocycles. The fourth-order valence-corrected chi connectivity index (χ4v) is 7.41. The summed E-state index contributed by atoms with van der Waals surface area (Å²) in [5.74, 6) is -2.40. The number of carbonyl (C=O) groups is 3. The molecule has 3 amide bonds. The molecule has 3 saturated heterocycles. The Labute approximate surface area is 248 Å². The van der Waals surface area contributed by atoms with Gasteiger partial charge in [0.1, 0.15) is 11.6 Å². The molecule has 3 aliphatic rings. The lowest BCUT2D eigenvalue weighted by Gasteiger charge is -2.37. The van der Waals surface area contributed by atoms with Crippen LogP contribution in [0.2, 0.25) is 0 Å². The van der Waals surface area contributed by atoms with Crippen LogP contribution in [0.3, 0.4) is 0 Å². The molecular formula is C34H41N3O5. The minimum absolute atomic E-state index is 0.0242. The summed E-state index contributed by atoms with van der Waals surface area (Å²) in [7, 11) is 0. The molecule has 222 valence electrons. The van der Waals surface area contributed by atoms with Crippen molar-refractivity contribution in [1.29, 1.82) is 0 Å². The number of rotatable bonds is 11. The van der Waals surface area contributed by atoms with Crippen molar-refractivity contribution in [3.63, 3.8) is 0 Å². The summed E-state index contributed by atoms with van der Waals surface area (Å²) in [5.41, 5.74) is 1.54. The summed E-state index contributed by atoms with van der Waals surface area (Å²) in [6.45, 7) is 14.1. The summed E-state index contributed by atoms with van der Waals surface area (Å²) in [4.78, 5) is 48.1. The molecule has 5 atom stereocenters. The molecule has 8 nitrogen and oxygen atoms in total. The number of amides is 3. The average Bonchev–Trinajstić information content (AvgIpc) is 3.54. The van der Waals surface area contributed by atoms with Gasteiger partial charge in [0.2, 0.25) is 11.8 Å². The van der Waals surface area contributed by atoms with E-state index >= 15 is 0 Å². The van der Waals surface area contributed by atoms with E-state index in [1.54, 1.807) is 22.0 Å². The number of hydrogen-bond donors (Lipinski definition) is 1. The van der Waals surface area contributed by atoms with E-state index in [4.69, 9.17) is 4.74 Å². The van der Waals surface area contributed by atoms with E-state index in [0.717, 1.165) is 22.4 Å². The van der Waals surface area contributed by atoms with Crippen molar-refractivity contribution >= 4 is 23.4 Å². The van der Waals surface area contributed by atoms with Gasteiger partial charge in [-0.05, 0) is 56.4 Å². The van der Waals surface area contributed by atoms with Crippen molar-refractivity contribution in [3.05, 3.63) is 90.5 Å². The van der Waals surface area contributed by atoms with Gasteiger partial charge in [0.25, 0.3) is 5.91 Å². The maximum atomic E-state index is 14.6. The second-order valence-corrected chi connectivity index (χ2v) is 12.0. The van der Waals surface area contributed by atoms with E-state index in [-0.39, 0.29) is 37.4 Å². The first kappa shape index (κ1) is 29.7. The van der Waals surface area contributed by atoms with Gasteiger partial charge in [-0.2, -0.15) is 0 Å². The first-order valence-electron chi connectivity index (χ1n) is 14.7. The molecule has 3 fully saturated rings. The van der Waals surface area contributed by atoms with Crippen molar-refractivity contribution in [2.45, 2.75) is 57.4 Å². The number of hydrogen-bond acceptors (Lipinski definition) is 5. The van der Waals surface area contributed by atoms with E-state index < -0.39 is 29.1 Å². The van der Waals surface area contributed by atoms with Crippen LogP contribution in [-0.4, -0.2) is 76.1 Å². The fourth-order valence-electron chi connectivity index (χ4n) is 7.41. The number of ether oxygens (including phenoxy) is 1. The SMILES string of the molecule is C=CCN(Cc1ccccc1)C(=O)[C@H]1[C@H]2C(=O)N(CCO)C(C(=O)N(CC=C)c3cc(C)ccc3C)C23CC[C@]1(C)O3. The van der Waals surface area contributed by atoms with Crippen molar-refractivity contribution < 1.29 is 24.2 Å². The van der Waals surface area contributed by atoms with E-state index in [1.165, 1.54) is 4.90 Å². The van der Waals surface area contributed by atoms with Gasteiger partial charge in [0.05, 0.1) is 24.0 Å². The molecule has 8 heteroatoms. The minimum Gasteiger partial charge on any atom is -0.395 e. The van der Waals surface area contributed by atoms with Gasteiger partial charge < -0.3 is 24.5 Å². The molecule has 2 aromatic rings. The Morgan fingerprint density at radius 3 is 2.45 bits per heavy atom. The molecule has 0 radical (unpaired) electrons. The van der Waals surface area contributed by atoms with Crippen molar-refractivity contribution in [3.8, 4) is 0 Å². The van der Waals surface area contributed by atoms with Crippen LogP contribution in [0.4, 0.5) is 5.69 Å². The van der Waals surface area contributed by atoms with Gasteiger partial charge in [-0.15, -0.1) is 13.2 Å². The van der Waals surface area contributed by atoms with Gasteiger partial charge in [-0.25, -0.2) is 0 Å². The first-order chi connectivity index (χ1) is 20.1. The topological polar surface area (TPSA) is 90.4 Å². The number of aliphatic hydroxyl groups is 1. The largest absolute Gasteiger partial charge is 0.395 e. The number of carbonyl (C=O) groups excluding carboxylic acids is 3. The lowest BCUT2D eigenvalue weighted by atomic mass is 9.66. The van der Waals surface area contributed by atoms with Gasteiger partial charge in [-0.1, -0.05) is 54.6 Å². The van der Waals surface area contributed by atoms with Crippen LogP contribution in [0.5, 0.6) is 0 Å². The van der Waals surface area contributed by atoms with Crippen LogP contribution in [0.25, 0.3) is 0 Å². The highest BCUT2D eigenvalue weighted by molar-refractivity contribution is 6.05. The van der Waals surface area contributed by atoms with Crippen molar-refractivity contribution in [2.75, 3.05) is 31.1 Å². The van der Waals surface area contributed by atoms with Crippen molar-refractivity contribution in [1.82, 2.24) is 9.80 Å². The molecule has 0 aliphatic carbocycles. The highest BCUT2D eigenvalue weighted by Crippen LogP contribution is 2.63. The molecule has 42 heavy (non-hydrogen) atoms. The molecule has 2 unspecified atom stereocenters. The average molecular weight is 572 g/mol. The normalized spacial score (nSPS) is 27.6. The minimum atomic E-state index is -1.18. The molecular weight excluding hydrogens is 530 g/mol. The number of benzene rings is 2. The van der Waals surface area contributed by atoms with Crippen LogP contribution in [0.1, 0.15) is 36.5 Å². The third-order valence-corrected chi connectivity index (χ3v) is 9.23. The fraction of sp³-hybridized carbons (Fsp3) is 0.441. The standard InChI is InChI=1S/C34H41N3O5/c1-6-17-35(22-25-11-9-8-10-12-25)30(39)27-28-31(40)37(19-20-38)29(34(28)16-15-33(27,5)42-34)32(41)36(18-7-2)26-21-23(3)13-14-24(26)4/h6-14,21,27-29,38H,1-2,15-20,22H2,3-5H3/t27-,28+,29?,33+,34?/m1/s1. The van der Waals surface area contributed by atoms with Gasteiger partial charge in [0.15, 0.2) is 0 Å². The van der Waals surface area contributed by atoms with Gasteiger partial charge >= 0.3 is 0 Å². The molecule has 3 heterocycles. The zero-order valence-corrected chi connectivity index (χ0v) is 24.8. The van der Waals surface area contributed by atoms with E-state index in [0.29, 0.717) is 25.9 Å². The molecule has 2 bridgehead atoms. The van der Waals surface area contributed by atoms with E-state index in [9.17, 15) is 19.5 Å². The van der Waals surface area contributed by atoms with E-state index in [1.807, 2.05) is 69.3 Å². The number of likely N-dealkylation sites (tertiary alicyclic amines) is 1. The number of anilines is 1. The van der Waals surface area contributed by atoms with Gasteiger partial charge in [-0.3, -0.25) is 14.4 Å². The second-order valence-electron chi connectivity index (χ2n) is 12.0. The third-order valence-electron chi connectivity index (χ3n) is 9.23. The smallest absolute Gasteiger partial charge is 0.253 e. The Morgan fingerprint density at radius 1 is 1.07 bits per heavy atom. The highest BCUT2D eigenvalue weighted by atomic mass is 16.5. The predicted molar refractivity (Wildman–Crippen MR) is 162 cm³/mol. The summed E-state index contributed by atoms with van der Waals surface area (Å²) >= 11 is 0. The van der Waals surface area contributed by atoms with Gasteiger partial charge in [0, 0.05) is 31.9 Å². The number of β-amino-alcohol motifs (C(OH)–C–C–N with tert-alkyl or cyclic N) is 1. The monoisotopic (exact) mass is 571 g/mol. The summed E-state index contributed by atoms with van der Waals surface area (Å²) in [5, 5.41) is 10.00. The Kier molecular flexibility index (Phi) is 8.14. The Balaban J connectivity index is 1.56. The lowest BCUT2D eigenvalue weighted by Crippen LogP contribution is -2.57. The van der Waals surface area contributed by atoms with Crippen LogP contribution in [0, 0.1) is 25.7 Å². The molecule has 0 aromatic heterocycles. The lowest BCUT2D eigenvalue weighted by molar-refractivity contribution is -0.150. The Bertz CT molecular complexity index is 1390. The predicted octanol–water partition coefficient (Wildman–Crippen LogP) is 3.79. The molecule has 1 spiro atoms. The summed E-state index contributed by atoms with van der Waals surface area (Å²) in [6.07, 6.45) is 4.36. The first-order valence-corrected chi connectivity index (χ1v) is 14.7. The van der Waals surface area contributed by atoms with Crippen LogP contribution < -0.4 is 4.90 Å². The number of fused-ring (bicyclic) bond motifs is 1. The van der Waals surface area contributed by atoms with Crippen LogP contribution in [0.15, 0.2) is 73.8 Å². The molecule has 3 aliphatic heterocycles. The Hall–Kier alpha value is -3.75. The quantitative estimate of drug-likeness (QED) is 0.415. The summed E-state index contributed by atoms with van der Waals surface area (Å²) < 4.78 is 6.79. The van der Waals surface area contributed by atoms with Crippen LogP contribution in [-0.2, 0) is 25.7 Å². The molecule has 1 N–H and O–H groups in total. The maximum Gasteiger partial charge on any atom is 0.253 e. The molecule has 5 rings (SSSR count). The highest BCUT2D eigenvalue weighted by Gasteiger charge is 2.78. The Morgan fingerprint density at radius 2 is 1.79 bits per heavy atom. The van der Waals surface area contributed by atoms with Crippen LogP contribution >= 0.6 is 0 Å². The third kappa shape index (κ3) is 4.76. The molecule has 0 saturated carbocycles. The zero-order valence-electron chi connectivity index (χ0n) is 24.8. The summed E-state index contributed by atoms with van der Waals surface area (Å²) in [6, 6.07) is 14.6.